The topological polar surface area (TPSA) is 80.2 Å². The van der Waals surface area contributed by atoms with Crippen molar-refractivity contribution in [3.05, 3.63) is 18.2 Å². The largest absolute Gasteiger partial charge is 0.495 e. The number of nitrogens with zero attached hydrogens (tertiary/aromatic N) is 1. The number of hydrogen-bond donors (Lipinski definition) is 2. The molecule has 2 aliphatic heterocycles. The van der Waals surface area contributed by atoms with Crippen LogP contribution in [0.25, 0.3) is 0 Å². The second-order valence-electron chi connectivity index (χ2n) is 7.72. The third-order valence-electron chi connectivity index (χ3n) is 5.62. The molecular weight excluding hydrogens is 378 g/mol. The van der Waals surface area contributed by atoms with Crippen LogP contribution >= 0.6 is 0 Å². The lowest BCUT2D eigenvalue weighted by Crippen LogP contribution is -3.12. The molecule has 0 saturated carbocycles. The summed E-state index contributed by atoms with van der Waals surface area (Å²) in [5.74, 6) is 0.361. The molecular formula is C20H32N3O4S+. The molecule has 2 saturated heterocycles. The normalized spacial score (nSPS) is 19.8. The van der Waals surface area contributed by atoms with E-state index in [2.05, 4.69) is 5.32 Å². The number of benzene rings is 1. The van der Waals surface area contributed by atoms with E-state index in [1.54, 1.807) is 12.1 Å². The molecule has 2 heterocycles. The fraction of sp³-hybridized carbons (Fsp3) is 0.650. The molecule has 1 aromatic carbocycles. The Morgan fingerprint density at radius 2 is 1.71 bits per heavy atom. The number of amides is 1. The Morgan fingerprint density at radius 3 is 2.36 bits per heavy atom. The molecule has 0 unspecified atom stereocenters. The summed E-state index contributed by atoms with van der Waals surface area (Å²) in [7, 11) is -2.04. The first-order chi connectivity index (χ1) is 13.5. The number of methoxy groups -OCH3 is 1. The molecule has 0 aliphatic carbocycles. The Labute approximate surface area is 168 Å². The lowest BCUT2D eigenvalue weighted by atomic mass is 10.2. The smallest absolute Gasteiger partial charge is 0.279 e. The number of carbonyl (C=O) groups is 1. The summed E-state index contributed by atoms with van der Waals surface area (Å²) < 4.78 is 32.8. The Morgan fingerprint density at radius 1 is 1.07 bits per heavy atom. The fourth-order valence-corrected chi connectivity index (χ4v) is 5.57. The Balaban J connectivity index is 1.74. The molecule has 3 rings (SSSR count). The standard InChI is InChI=1S/C20H31N3O4S/c1-27-19-10-9-17(28(25,26)23-13-7-4-8-14-23)15-18(19)21-20(24)16-22-11-5-2-3-6-12-22/h9-10,15H,2-8,11-14,16H2,1H3,(H,21,24)/p+1. The summed E-state index contributed by atoms with van der Waals surface area (Å²) in [6.07, 6.45) is 7.60. The third-order valence-corrected chi connectivity index (χ3v) is 7.51. The number of likely N-dealkylation sites (tertiary alicyclic amines) is 1. The van der Waals surface area contributed by atoms with Crippen molar-refractivity contribution in [3.63, 3.8) is 0 Å². The summed E-state index contributed by atoms with van der Waals surface area (Å²) in [6.45, 7) is 3.51. The Kier molecular flexibility index (Phi) is 7.31. The Hall–Kier alpha value is -1.64. The van der Waals surface area contributed by atoms with Crippen molar-refractivity contribution >= 4 is 21.6 Å². The maximum atomic E-state index is 12.9. The van der Waals surface area contributed by atoms with Gasteiger partial charge in [0, 0.05) is 13.1 Å². The van der Waals surface area contributed by atoms with Gasteiger partial charge in [-0.3, -0.25) is 4.79 Å². The number of piperidine rings is 1. The highest BCUT2D eigenvalue weighted by Crippen LogP contribution is 2.29. The van der Waals surface area contributed by atoms with Gasteiger partial charge >= 0.3 is 0 Å². The quantitative estimate of drug-likeness (QED) is 0.740. The van der Waals surface area contributed by atoms with Gasteiger partial charge in [0.15, 0.2) is 6.54 Å². The lowest BCUT2D eigenvalue weighted by Gasteiger charge is -2.26. The van der Waals surface area contributed by atoms with Crippen molar-refractivity contribution in [1.29, 1.82) is 0 Å². The minimum absolute atomic E-state index is 0.109. The third kappa shape index (κ3) is 5.24. The van der Waals surface area contributed by atoms with Crippen LogP contribution in [0.1, 0.15) is 44.9 Å². The van der Waals surface area contributed by atoms with Crippen molar-refractivity contribution in [2.24, 2.45) is 0 Å². The number of nitrogens with one attached hydrogen (secondary N) is 2. The zero-order valence-electron chi connectivity index (χ0n) is 16.7. The highest BCUT2D eigenvalue weighted by Gasteiger charge is 2.27. The molecule has 1 amide bonds. The SMILES string of the molecule is COc1ccc(S(=O)(=O)N2CCCCC2)cc1NC(=O)C[NH+]1CCCCCC1. The summed E-state index contributed by atoms with van der Waals surface area (Å²) >= 11 is 0. The van der Waals surface area contributed by atoms with E-state index in [1.807, 2.05) is 0 Å². The number of anilines is 1. The molecule has 28 heavy (non-hydrogen) atoms. The van der Waals surface area contributed by atoms with E-state index in [0.717, 1.165) is 45.2 Å². The van der Waals surface area contributed by atoms with Crippen LogP contribution in [-0.4, -0.2) is 58.5 Å². The van der Waals surface area contributed by atoms with Crippen LogP contribution in [0.3, 0.4) is 0 Å². The Bertz CT molecular complexity index is 768. The number of rotatable bonds is 6. The number of hydrogen-bond acceptors (Lipinski definition) is 4. The van der Waals surface area contributed by atoms with Crippen LogP contribution in [0.4, 0.5) is 5.69 Å². The highest BCUT2D eigenvalue weighted by atomic mass is 32.2. The summed E-state index contributed by atoms with van der Waals surface area (Å²) in [6, 6.07) is 4.70. The predicted molar refractivity (Wildman–Crippen MR) is 108 cm³/mol. The van der Waals surface area contributed by atoms with Gasteiger partial charge < -0.3 is 15.0 Å². The number of ether oxygens (including phenoxy) is 1. The number of sulfonamides is 1. The first-order valence-electron chi connectivity index (χ1n) is 10.3. The van der Waals surface area contributed by atoms with Gasteiger partial charge in [-0.25, -0.2) is 8.42 Å². The molecule has 0 radical (unpaired) electrons. The lowest BCUT2D eigenvalue weighted by molar-refractivity contribution is -0.890. The van der Waals surface area contributed by atoms with Crippen molar-refractivity contribution in [1.82, 2.24) is 4.31 Å². The highest BCUT2D eigenvalue weighted by molar-refractivity contribution is 7.89. The summed E-state index contributed by atoms with van der Waals surface area (Å²) in [5.41, 5.74) is 0.416. The first-order valence-corrected chi connectivity index (χ1v) is 11.8. The van der Waals surface area contributed by atoms with E-state index in [4.69, 9.17) is 4.74 Å². The van der Waals surface area contributed by atoms with E-state index < -0.39 is 10.0 Å². The van der Waals surface area contributed by atoms with Gasteiger partial charge in [0.1, 0.15) is 5.75 Å². The molecule has 0 spiro atoms. The molecule has 1 aromatic rings. The molecule has 8 heteroatoms. The second-order valence-corrected chi connectivity index (χ2v) is 9.65. The van der Waals surface area contributed by atoms with Crippen molar-refractivity contribution in [3.8, 4) is 5.75 Å². The maximum Gasteiger partial charge on any atom is 0.279 e. The zero-order chi connectivity index (χ0) is 20.0. The molecule has 7 nitrogen and oxygen atoms in total. The molecule has 2 fully saturated rings. The van der Waals surface area contributed by atoms with Gasteiger partial charge in [-0.1, -0.05) is 6.42 Å². The first kappa shape index (κ1) is 21.1. The maximum absolute atomic E-state index is 12.9. The molecule has 2 aliphatic rings. The van der Waals surface area contributed by atoms with Crippen LogP contribution in [0.15, 0.2) is 23.1 Å². The van der Waals surface area contributed by atoms with Gasteiger partial charge in [0.2, 0.25) is 10.0 Å². The van der Waals surface area contributed by atoms with E-state index in [0.29, 0.717) is 31.1 Å². The van der Waals surface area contributed by atoms with Gasteiger partial charge in [0.25, 0.3) is 5.91 Å². The van der Waals surface area contributed by atoms with Crippen LogP contribution in [0.5, 0.6) is 5.75 Å². The predicted octanol–water partition coefficient (Wildman–Crippen LogP) is 1.27. The van der Waals surface area contributed by atoms with Gasteiger partial charge in [-0.05, 0) is 56.7 Å². The molecule has 0 aromatic heterocycles. The van der Waals surface area contributed by atoms with Gasteiger partial charge in [0.05, 0.1) is 30.8 Å². The summed E-state index contributed by atoms with van der Waals surface area (Å²) in [5, 5.41) is 2.88. The number of carbonyl (C=O) groups excluding carboxylic acids is 1. The molecule has 2 N–H and O–H groups in total. The van der Waals surface area contributed by atoms with Crippen molar-refractivity contribution < 1.29 is 22.8 Å². The van der Waals surface area contributed by atoms with Gasteiger partial charge in [-0.2, -0.15) is 4.31 Å². The fourth-order valence-electron chi connectivity index (χ4n) is 4.03. The van der Waals surface area contributed by atoms with Crippen LogP contribution in [0, 0.1) is 0 Å². The van der Waals surface area contributed by atoms with E-state index in [-0.39, 0.29) is 10.8 Å². The molecule has 0 bridgehead atoms. The average Bonchev–Trinajstić information content (AvgIpc) is 2.97. The van der Waals surface area contributed by atoms with Crippen molar-refractivity contribution in [2.75, 3.05) is 45.2 Å². The minimum atomic E-state index is -3.56. The van der Waals surface area contributed by atoms with E-state index in [1.165, 1.54) is 35.2 Å². The average molecular weight is 411 g/mol. The monoisotopic (exact) mass is 410 g/mol. The van der Waals surface area contributed by atoms with Crippen LogP contribution in [0.2, 0.25) is 0 Å². The van der Waals surface area contributed by atoms with Crippen LogP contribution < -0.4 is 15.0 Å². The molecule has 0 atom stereocenters. The van der Waals surface area contributed by atoms with Gasteiger partial charge in [-0.15, -0.1) is 0 Å². The summed E-state index contributed by atoms with van der Waals surface area (Å²) in [4.78, 5) is 14.1. The van der Waals surface area contributed by atoms with E-state index in [9.17, 15) is 13.2 Å². The second kappa shape index (κ2) is 9.71. The number of quaternary nitrogens is 1. The molecule has 156 valence electrons. The van der Waals surface area contributed by atoms with Crippen LogP contribution in [-0.2, 0) is 14.8 Å². The zero-order valence-corrected chi connectivity index (χ0v) is 17.5. The van der Waals surface area contributed by atoms with Crippen molar-refractivity contribution in [2.45, 2.75) is 49.8 Å². The minimum Gasteiger partial charge on any atom is -0.495 e. The van der Waals surface area contributed by atoms with E-state index >= 15 is 0 Å².